The lowest BCUT2D eigenvalue weighted by Crippen LogP contribution is -2.38. The molecule has 2 aliphatic rings. The summed E-state index contributed by atoms with van der Waals surface area (Å²) in [4.78, 5) is 29.9. The monoisotopic (exact) mass is 452 g/mol. The molecule has 2 aromatic rings. The standard InChI is InChI=1S/C26H29FN2O4/c1-2-18-4-6-19(7-5-18)23-22(24(30)20-8-10-21(27)11-9-20)25(31)26(32)29(23)13-3-12-28-14-16-33-17-15-28/h4-11,23,30H,2-3,12-17H2,1H3. The van der Waals surface area contributed by atoms with Gasteiger partial charge in [0, 0.05) is 31.7 Å². The van der Waals surface area contributed by atoms with Gasteiger partial charge in [-0.1, -0.05) is 31.2 Å². The summed E-state index contributed by atoms with van der Waals surface area (Å²) >= 11 is 0. The van der Waals surface area contributed by atoms with Crippen molar-refractivity contribution < 1.29 is 23.8 Å². The summed E-state index contributed by atoms with van der Waals surface area (Å²) in [5.41, 5.74) is 2.25. The maximum absolute atomic E-state index is 13.4. The second kappa shape index (κ2) is 10.3. The van der Waals surface area contributed by atoms with Crippen molar-refractivity contribution >= 4 is 17.4 Å². The third kappa shape index (κ3) is 4.99. The summed E-state index contributed by atoms with van der Waals surface area (Å²) in [7, 11) is 0. The fraction of sp³-hybridized carbons (Fsp3) is 0.385. The molecule has 0 radical (unpaired) electrons. The number of aliphatic hydroxyl groups excluding tert-OH is 1. The van der Waals surface area contributed by atoms with Gasteiger partial charge in [0.1, 0.15) is 11.6 Å². The lowest BCUT2D eigenvalue weighted by Gasteiger charge is -2.29. The van der Waals surface area contributed by atoms with Crippen LogP contribution in [0.3, 0.4) is 0 Å². The Hall–Kier alpha value is -3.03. The molecule has 1 N–H and O–H groups in total. The zero-order valence-electron chi connectivity index (χ0n) is 18.8. The molecule has 0 aliphatic carbocycles. The van der Waals surface area contributed by atoms with Gasteiger partial charge in [-0.15, -0.1) is 0 Å². The van der Waals surface area contributed by atoms with E-state index in [1.807, 2.05) is 24.3 Å². The minimum Gasteiger partial charge on any atom is -0.507 e. The van der Waals surface area contributed by atoms with Gasteiger partial charge in [0.2, 0.25) is 0 Å². The Kier molecular flexibility index (Phi) is 7.20. The van der Waals surface area contributed by atoms with Crippen LogP contribution in [0.5, 0.6) is 0 Å². The lowest BCUT2D eigenvalue weighted by atomic mass is 9.94. The quantitative estimate of drug-likeness (QED) is 0.395. The molecular formula is C26H29FN2O4. The van der Waals surface area contributed by atoms with Crippen molar-refractivity contribution in [3.8, 4) is 0 Å². The van der Waals surface area contributed by atoms with Crippen LogP contribution in [0, 0.1) is 5.82 Å². The molecular weight excluding hydrogens is 423 g/mol. The van der Waals surface area contributed by atoms with Crippen LogP contribution in [0.1, 0.15) is 36.1 Å². The summed E-state index contributed by atoms with van der Waals surface area (Å²) < 4.78 is 18.8. The van der Waals surface area contributed by atoms with Gasteiger partial charge in [0.05, 0.1) is 24.8 Å². The molecule has 33 heavy (non-hydrogen) atoms. The second-order valence-corrected chi connectivity index (χ2v) is 8.40. The van der Waals surface area contributed by atoms with Crippen molar-refractivity contribution in [1.29, 1.82) is 0 Å². The van der Waals surface area contributed by atoms with Gasteiger partial charge in [0.15, 0.2) is 0 Å². The predicted octanol–water partition coefficient (Wildman–Crippen LogP) is 3.53. The molecule has 1 amide bonds. The van der Waals surface area contributed by atoms with Crippen LogP contribution in [-0.4, -0.2) is 66.0 Å². The van der Waals surface area contributed by atoms with E-state index in [9.17, 15) is 19.1 Å². The molecule has 1 unspecified atom stereocenters. The Bertz CT molecular complexity index is 1030. The molecule has 0 saturated carbocycles. The molecule has 2 fully saturated rings. The molecule has 2 aliphatic heterocycles. The van der Waals surface area contributed by atoms with Crippen molar-refractivity contribution in [2.45, 2.75) is 25.8 Å². The zero-order valence-corrected chi connectivity index (χ0v) is 18.8. The van der Waals surface area contributed by atoms with Crippen LogP contribution in [0.4, 0.5) is 4.39 Å². The highest BCUT2D eigenvalue weighted by Crippen LogP contribution is 2.39. The molecule has 0 aromatic heterocycles. The molecule has 174 valence electrons. The first-order valence-electron chi connectivity index (χ1n) is 11.4. The Morgan fingerprint density at radius 3 is 2.33 bits per heavy atom. The van der Waals surface area contributed by atoms with Gasteiger partial charge in [-0.25, -0.2) is 4.39 Å². The first kappa shape index (κ1) is 23.1. The van der Waals surface area contributed by atoms with Gasteiger partial charge in [-0.05, 0) is 48.2 Å². The Balaban J connectivity index is 1.66. The van der Waals surface area contributed by atoms with E-state index in [4.69, 9.17) is 4.74 Å². The summed E-state index contributed by atoms with van der Waals surface area (Å²) in [6.07, 6.45) is 1.57. The zero-order chi connectivity index (χ0) is 23.4. The van der Waals surface area contributed by atoms with Crippen molar-refractivity contribution in [3.05, 3.63) is 76.6 Å². The summed E-state index contributed by atoms with van der Waals surface area (Å²) in [6, 6.07) is 12.3. The number of aliphatic hydroxyl groups is 1. The molecule has 4 rings (SSSR count). The third-order valence-electron chi connectivity index (χ3n) is 6.34. The van der Waals surface area contributed by atoms with E-state index in [1.54, 1.807) is 4.90 Å². The normalized spacial score (nSPS) is 21.0. The predicted molar refractivity (Wildman–Crippen MR) is 123 cm³/mol. The van der Waals surface area contributed by atoms with Gasteiger partial charge >= 0.3 is 0 Å². The Labute approximate surface area is 193 Å². The van der Waals surface area contributed by atoms with E-state index < -0.39 is 23.5 Å². The number of carbonyl (C=O) groups excluding carboxylic acids is 2. The van der Waals surface area contributed by atoms with Gasteiger partial charge in [-0.3, -0.25) is 14.5 Å². The maximum atomic E-state index is 13.4. The fourth-order valence-electron chi connectivity index (χ4n) is 4.45. The number of benzene rings is 2. The van der Waals surface area contributed by atoms with E-state index in [-0.39, 0.29) is 11.3 Å². The second-order valence-electron chi connectivity index (χ2n) is 8.40. The number of halogens is 1. The van der Waals surface area contributed by atoms with E-state index in [0.717, 1.165) is 37.2 Å². The fourth-order valence-corrected chi connectivity index (χ4v) is 4.45. The highest BCUT2D eigenvalue weighted by Gasteiger charge is 2.45. The van der Waals surface area contributed by atoms with Crippen molar-refractivity contribution in [2.75, 3.05) is 39.4 Å². The molecule has 0 bridgehead atoms. The number of aryl methyl sites for hydroxylation is 1. The number of carbonyl (C=O) groups is 2. The van der Waals surface area contributed by atoms with Crippen molar-refractivity contribution in [3.63, 3.8) is 0 Å². The summed E-state index contributed by atoms with van der Waals surface area (Å²) in [5, 5.41) is 11.0. The van der Waals surface area contributed by atoms with Crippen LogP contribution >= 0.6 is 0 Å². The third-order valence-corrected chi connectivity index (χ3v) is 6.34. The number of ether oxygens (including phenoxy) is 1. The molecule has 6 nitrogen and oxygen atoms in total. The SMILES string of the molecule is CCc1ccc(C2C(=C(O)c3ccc(F)cc3)C(=O)C(=O)N2CCCN2CCOCC2)cc1. The van der Waals surface area contributed by atoms with Gasteiger partial charge in [0.25, 0.3) is 11.7 Å². The number of likely N-dealkylation sites (tertiary alicyclic amines) is 1. The van der Waals surface area contributed by atoms with Crippen LogP contribution in [0.25, 0.3) is 5.76 Å². The number of ketones is 1. The maximum Gasteiger partial charge on any atom is 0.295 e. The smallest absolute Gasteiger partial charge is 0.295 e. The number of amides is 1. The first-order chi connectivity index (χ1) is 16.0. The average Bonchev–Trinajstić information content (AvgIpc) is 3.10. The molecule has 2 aromatic carbocycles. The van der Waals surface area contributed by atoms with Crippen LogP contribution in [0.15, 0.2) is 54.1 Å². The van der Waals surface area contributed by atoms with Gasteiger partial charge < -0.3 is 14.7 Å². The van der Waals surface area contributed by atoms with Crippen LogP contribution in [-0.2, 0) is 20.7 Å². The summed E-state index contributed by atoms with van der Waals surface area (Å²) in [5.74, 6) is -2.06. The van der Waals surface area contributed by atoms with E-state index in [0.29, 0.717) is 31.7 Å². The minimum absolute atomic E-state index is 0.0437. The highest BCUT2D eigenvalue weighted by atomic mass is 19.1. The van der Waals surface area contributed by atoms with Crippen LogP contribution in [0.2, 0.25) is 0 Å². The molecule has 7 heteroatoms. The largest absolute Gasteiger partial charge is 0.507 e. The molecule has 2 heterocycles. The highest BCUT2D eigenvalue weighted by molar-refractivity contribution is 6.46. The molecule has 0 spiro atoms. The van der Waals surface area contributed by atoms with E-state index >= 15 is 0 Å². The number of morpholine rings is 1. The van der Waals surface area contributed by atoms with Crippen molar-refractivity contribution in [2.24, 2.45) is 0 Å². The number of Topliss-reactive ketones (excluding diaryl/α,β-unsaturated/α-hetero) is 1. The Morgan fingerprint density at radius 1 is 1.03 bits per heavy atom. The molecule has 1 atom stereocenters. The number of nitrogens with zero attached hydrogens (tertiary/aromatic N) is 2. The Morgan fingerprint density at radius 2 is 1.70 bits per heavy atom. The number of hydrogen-bond acceptors (Lipinski definition) is 5. The lowest BCUT2D eigenvalue weighted by molar-refractivity contribution is -0.140. The van der Waals surface area contributed by atoms with E-state index in [1.165, 1.54) is 24.3 Å². The topological polar surface area (TPSA) is 70.1 Å². The minimum atomic E-state index is -0.715. The van der Waals surface area contributed by atoms with Crippen LogP contribution < -0.4 is 0 Å². The average molecular weight is 453 g/mol. The number of rotatable bonds is 7. The summed E-state index contributed by atoms with van der Waals surface area (Å²) in [6.45, 7) is 6.35. The van der Waals surface area contributed by atoms with E-state index in [2.05, 4.69) is 11.8 Å². The first-order valence-corrected chi connectivity index (χ1v) is 11.4. The number of hydrogen-bond donors (Lipinski definition) is 1. The van der Waals surface area contributed by atoms with Gasteiger partial charge in [-0.2, -0.15) is 0 Å². The molecule has 2 saturated heterocycles. The van der Waals surface area contributed by atoms with Crippen molar-refractivity contribution in [1.82, 2.24) is 9.80 Å².